The molecular weight excluding hydrogens is 483 g/mol. The molecule has 0 atom stereocenters. The van der Waals surface area contributed by atoms with Crippen LogP contribution >= 0.6 is 23.9 Å². The Morgan fingerprint density at radius 2 is 0.906 bits per heavy atom. The zero-order valence-electron chi connectivity index (χ0n) is 18.4. The fourth-order valence-corrected chi connectivity index (χ4v) is 6.02. The van der Waals surface area contributed by atoms with Crippen molar-refractivity contribution in [2.45, 2.75) is 0 Å². The van der Waals surface area contributed by atoms with Gasteiger partial charge in [0.1, 0.15) is 0 Å². The Balaban J connectivity index is 0.000000195. The molecule has 0 fully saturated rings. The van der Waals surface area contributed by atoms with Crippen LogP contribution in [0.4, 0.5) is 0 Å². The Bertz CT molecular complexity index is 996. The van der Waals surface area contributed by atoms with Gasteiger partial charge in [-0.1, -0.05) is 91.0 Å². The first-order valence-electron chi connectivity index (χ1n) is 10.1. The van der Waals surface area contributed by atoms with Crippen LogP contribution in [0.15, 0.2) is 108 Å². The molecule has 3 nitrogen and oxygen atoms in total. The summed E-state index contributed by atoms with van der Waals surface area (Å²) in [7, 11) is 4.30. The normalized spacial score (nSPS) is 10.2. The van der Waals surface area contributed by atoms with E-state index in [2.05, 4.69) is 107 Å². The van der Waals surface area contributed by atoms with Gasteiger partial charge < -0.3 is 14.2 Å². The van der Waals surface area contributed by atoms with Crippen molar-refractivity contribution in [2.24, 2.45) is 0 Å². The number of hydrogen-bond acceptors (Lipinski definition) is 3. The van der Waals surface area contributed by atoms with Gasteiger partial charge in [0, 0.05) is 0 Å². The lowest BCUT2D eigenvalue weighted by Gasteiger charge is -2.18. The summed E-state index contributed by atoms with van der Waals surface area (Å²) in [5.41, 5.74) is 0. The van der Waals surface area contributed by atoms with Crippen LogP contribution in [0.5, 0.6) is 17.2 Å². The highest BCUT2D eigenvalue weighted by Crippen LogP contribution is 2.42. The molecule has 32 heavy (non-hydrogen) atoms. The molecule has 0 saturated carbocycles. The minimum absolute atomic E-state index is 0.446. The summed E-state index contributed by atoms with van der Waals surface area (Å²) in [5, 5.41) is 4.19. The number of methoxy groups -OCH3 is 3. The molecule has 0 aliphatic rings. The van der Waals surface area contributed by atoms with Gasteiger partial charge >= 0.3 is 0 Å². The maximum absolute atomic E-state index is 5.16. The zero-order chi connectivity index (χ0) is 22.8. The molecule has 0 amide bonds. The Labute approximate surface area is 199 Å². The maximum Gasteiger partial charge on any atom is 0.204 e. The van der Waals surface area contributed by atoms with E-state index >= 15 is 0 Å². The first-order valence-corrected chi connectivity index (χ1v) is 12.2. The molecule has 0 N–H and O–H groups in total. The van der Waals surface area contributed by atoms with Gasteiger partial charge in [-0.25, -0.2) is 0 Å². The fourth-order valence-electron chi connectivity index (χ4n) is 3.24. The number of hydrogen-bond donors (Lipinski definition) is 0. The summed E-state index contributed by atoms with van der Waals surface area (Å²) in [5.74, 6) is 1.89. The van der Waals surface area contributed by atoms with Crippen LogP contribution in [0, 0.1) is 0 Å². The van der Waals surface area contributed by atoms with Gasteiger partial charge in [0.2, 0.25) is 5.75 Å². The van der Waals surface area contributed by atoms with Gasteiger partial charge in [-0.15, -0.1) is 0 Å². The second-order valence-corrected chi connectivity index (χ2v) is 9.73. The quantitative estimate of drug-likeness (QED) is 0.302. The van der Waals surface area contributed by atoms with Crippen molar-refractivity contribution in [3.8, 4) is 17.2 Å². The average molecular weight is 509 g/mol. The van der Waals surface area contributed by atoms with E-state index in [9.17, 15) is 0 Å². The van der Waals surface area contributed by atoms with Crippen molar-refractivity contribution in [1.29, 1.82) is 0 Å². The monoisotopic (exact) mass is 508 g/mol. The van der Waals surface area contributed by atoms with Crippen molar-refractivity contribution >= 4 is 39.8 Å². The fraction of sp³-hybridized carbons (Fsp3) is 0.111. The number of ether oxygens (including phenoxy) is 3. The number of halogens is 1. The molecule has 4 aromatic rings. The maximum atomic E-state index is 5.16. The van der Waals surface area contributed by atoms with Gasteiger partial charge in [0.05, 0.1) is 25.8 Å². The molecule has 0 aliphatic carbocycles. The summed E-state index contributed by atoms with van der Waals surface area (Å²) in [6, 6.07) is 36.0. The zero-order valence-corrected chi connectivity index (χ0v) is 20.8. The van der Waals surface area contributed by atoms with Crippen molar-refractivity contribution < 1.29 is 14.2 Å². The van der Waals surface area contributed by atoms with Crippen molar-refractivity contribution in [2.75, 3.05) is 21.3 Å². The van der Waals surface area contributed by atoms with Gasteiger partial charge in [0.15, 0.2) is 11.5 Å². The van der Waals surface area contributed by atoms with Crippen molar-refractivity contribution in [1.82, 2.24) is 0 Å². The number of benzene rings is 4. The second kappa shape index (κ2) is 12.3. The SMILES string of the molecule is COc1ccc(Br)c(OC)c1OC.c1ccc(P(c2ccccc2)c2ccccc2)cc1. The van der Waals surface area contributed by atoms with Crippen LogP contribution in [-0.4, -0.2) is 21.3 Å². The molecule has 0 saturated heterocycles. The van der Waals surface area contributed by atoms with E-state index < -0.39 is 7.92 Å². The third kappa shape index (κ3) is 5.91. The highest BCUT2D eigenvalue weighted by Gasteiger charge is 2.15. The first-order chi connectivity index (χ1) is 15.7. The average Bonchev–Trinajstić information content (AvgIpc) is 2.86. The van der Waals surface area contributed by atoms with E-state index in [0.29, 0.717) is 17.2 Å². The van der Waals surface area contributed by atoms with Gasteiger partial charge in [0.25, 0.3) is 0 Å². The van der Waals surface area contributed by atoms with E-state index in [0.717, 1.165) is 4.47 Å². The summed E-state index contributed by atoms with van der Waals surface area (Å²) >= 11 is 3.35. The first kappa shape index (κ1) is 23.8. The predicted octanol–water partition coefficient (Wildman–Crippen LogP) is 5.92. The summed E-state index contributed by atoms with van der Waals surface area (Å²) < 4.78 is 16.3. The second-order valence-electron chi connectivity index (χ2n) is 6.66. The third-order valence-corrected chi connectivity index (χ3v) is 7.77. The van der Waals surface area contributed by atoms with Crippen LogP contribution in [0.3, 0.4) is 0 Å². The minimum Gasteiger partial charge on any atom is -0.493 e. The van der Waals surface area contributed by atoms with E-state index in [1.165, 1.54) is 15.9 Å². The van der Waals surface area contributed by atoms with E-state index in [1.54, 1.807) is 21.3 Å². The largest absolute Gasteiger partial charge is 0.493 e. The molecule has 0 unspecified atom stereocenters. The lowest BCUT2D eigenvalue weighted by molar-refractivity contribution is 0.323. The van der Waals surface area contributed by atoms with Gasteiger partial charge in [-0.05, 0) is 51.9 Å². The van der Waals surface area contributed by atoms with Crippen LogP contribution in [0.2, 0.25) is 0 Å². The summed E-state index contributed by atoms with van der Waals surface area (Å²) in [6.07, 6.45) is 0. The summed E-state index contributed by atoms with van der Waals surface area (Å²) in [4.78, 5) is 0. The van der Waals surface area contributed by atoms with E-state index in [-0.39, 0.29) is 0 Å². The lowest BCUT2D eigenvalue weighted by Crippen LogP contribution is -2.20. The molecule has 0 aliphatic heterocycles. The van der Waals surface area contributed by atoms with Crippen molar-refractivity contribution in [3.63, 3.8) is 0 Å². The van der Waals surface area contributed by atoms with Gasteiger partial charge in [-0.3, -0.25) is 0 Å². The van der Waals surface area contributed by atoms with Crippen LogP contribution < -0.4 is 30.1 Å². The molecule has 4 aromatic carbocycles. The van der Waals surface area contributed by atoms with Gasteiger partial charge in [-0.2, -0.15) is 0 Å². The molecule has 164 valence electrons. The molecule has 5 heteroatoms. The van der Waals surface area contributed by atoms with Crippen molar-refractivity contribution in [3.05, 3.63) is 108 Å². The van der Waals surface area contributed by atoms with Crippen LogP contribution in [0.1, 0.15) is 0 Å². The highest BCUT2D eigenvalue weighted by atomic mass is 79.9. The third-order valence-electron chi connectivity index (χ3n) is 4.70. The van der Waals surface area contributed by atoms with Crippen LogP contribution in [-0.2, 0) is 0 Å². The molecule has 0 bridgehead atoms. The molecule has 0 spiro atoms. The smallest absolute Gasteiger partial charge is 0.204 e. The topological polar surface area (TPSA) is 27.7 Å². The minimum atomic E-state index is -0.446. The number of rotatable bonds is 6. The Hall–Kier alpha value is -2.81. The highest BCUT2D eigenvalue weighted by molar-refractivity contribution is 9.10. The van der Waals surface area contributed by atoms with E-state index in [1.807, 2.05) is 12.1 Å². The lowest BCUT2D eigenvalue weighted by atomic mass is 10.3. The van der Waals surface area contributed by atoms with E-state index in [4.69, 9.17) is 14.2 Å². The molecule has 0 heterocycles. The molecule has 0 radical (unpaired) electrons. The standard InChI is InChI=1S/C18H15P.C9H11BrO3/c1-4-10-16(11-5-1)19(17-12-6-2-7-13-17)18-14-8-3-9-15-18;1-11-7-5-4-6(10)8(12-2)9(7)13-3/h1-15H;4-5H,1-3H3. The molecular formula is C27H26BrO3P. The van der Waals surface area contributed by atoms with Crippen LogP contribution in [0.25, 0.3) is 0 Å². The predicted molar refractivity (Wildman–Crippen MR) is 139 cm³/mol. The molecule has 4 rings (SSSR count). The Morgan fingerprint density at radius 1 is 0.500 bits per heavy atom. The Kier molecular flexibility index (Phi) is 9.15. The summed E-state index contributed by atoms with van der Waals surface area (Å²) in [6.45, 7) is 0. The molecule has 0 aromatic heterocycles. The Morgan fingerprint density at radius 3 is 1.25 bits per heavy atom.